The van der Waals surface area contributed by atoms with Crippen LogP contribution in [0, 0.1) is 0 Å². The van der Waals surface area contributed by atoms with E-state index in [4.69, 9.17) is 0 Å². The minimum absolute atomic E-state index is 0.523. The van der Waals surface area contributed by atoms with Crippen molar-refractivity contribution in [1.29, 1.82) is 0 Å². The van der Waals surface area contributed by atoms with Gasteiger partial charge in [0.25, 0.3) is 0 Å². The molecule has 0 rings (SSSR count). The lowest BCUT2D eigenvalue weighted by molar-refractivity contribution is 0.516. The number of hydrogen-bond donors (Lipinski definition) is 0. The van der Waals surface area contributed by atoms with Crippen molar-refractivity contribution < 1.29 is 0 Å². The largest absolute Gasteiger partial charge is 0.0765 e. The Morgan fingerprint density at radius 1 is 0.333 bits per heavy atom. The highest BCUT2D eigenvalue weighted by Crippen LogP contribution is 2.18. The zero-order valence-electron chi connectivity index (χ0n) is 20.7. The SMILES string of the molecule is CCCCCCCCCCCCCCCCCCCCCCCCCCCC(Br)Br. The summed E-state index contributed by atoms with van der Waals surface area (Å²) in [6.07, 6.45) is 37.9. The first-order valence-electron chi connectivity index (χ1n) is 14.1. The molecule has 0 saturated carbocycles. The van der Waals surface area contributed by atoms with Gasteiger partial charge in [0.15, 0.2) is 0 Å². The van der Waals surface area contributed by atoms with Gasteiger partial charge in [-0.3, -0.25) is 0 Å². The molecule has 0 fully saturated rings. The van der Waals surface area contributed by atoms with Gasteiger partial charge in [-0.1, -0.05) is 199 Å². The Morgan fingerprint density at radius 2 is 0.533 bits per heavy atom. The monoisotopic (exact) mass is 550 g/mol. The fraction of sp³-hybridized carbons (Fsp3) is 1.00. The summed E-state index contributed by atoms with van der Waals surface area (Å²) in [5, 5.41) is 0. The maximum Gasteiger partial charge on any atom is 0.0697 e. The van der Waals surface area contributed by atoms with Gasteiger partial charge in [-0.25, -0.2) is 0 Å². The minimum Gasteiger partial charge on any atom is -0.0765 e. The van der Waals surface area contributed by atoms with E-state index in [9.17, 15) is 0 Å². The van der Waals surface area contributed by atoms with Gasteiger partial charge < -0.3 is 0 Å². The highest BCUT2D eigenvalue weighted by atomic mass is 79.9. The van der Waals surface area contributed by atoms with Gasteiger partial charge in [-0.15, -0.1) is 0 Å². The van der Waals surface area contributed by atoms with Crippen molar-refractivity contribution >= 4 is 31.9 Å². The van der Waals surface area contributed by atoms with Crippen LogP contribution in [0.3, 0.4) is 0 Å². The van der Waals surface area contributed by atoms with Gasteiger partial charge in [0.05, 0.1) is 3.74 Å². The van der Waals surface area contributed by atoms with Crippen LogP contribution in [0.25, 0.3) is 0 Å². The summed E-state index contributed by atoms with van der Waals surface area (Å²) in [7, 11) is 0. The van der Waals surface area contributed by atoms with Crippen LogP contribution in [0.2, 0.25) is 0 Å². The van der Waals surface area contributed by atoms with E-state index in [1.54, 1.807) is 0 Å². The number of unbranched alkanes of at least 4 members (excludes halogenated alkanes) is 24. The third kappa shape index (κ3) is 29.0. The first kappa shape index (κ1) is 31.0. The maximum absolute atomic E-state index is 3.55. The average molecular weight is 553 g/mol. The Balaban J connectivity index is 2.99. The Morgan fingerprint density at radius 3 is 0.733 bits per heavy atom. The molecule has 0 N–H and O–H groups in total. The van der Waals surface area contributed by atoms with Crippen molar-refractivity contribution in [2.24, 2.45) is 0 Å². The molecular weight excluding hydrogens is 496 g/mol. The van der Waals surface area contributed by atoms with Crippen molar-refractivity contribution in [3.05, 3.63) is 0 Å². The molecule has 0 unspecified atom stereocenters. The first-order valence-corrected chi connectivity index (χ1v) is 15.9. The molecule has 0 heterocycles. The topological polar surface area (TPSA) is 0 Å². The Bertz CT molecular complexity index is 290. The molecule has 0 aromatic carbocycles. The molecule has 0 aromatic heterocycles. The summed E-state index contributed by atoms with van der Waals surface area (Å²) >= 11 is 7.11. The lowest BCUT2D eigenvalue weighted by Crippen LogP contribution is -1.86. The lowest BCUT2D eigenvalue weighted by Gasteiger charge is -2.04. The second-order valence-electron chi connectivity index (χ2n) is 9.67. The van der Waals surface area contributed by atoms with E-state index < -0.39 is 0 Å². The van der Waals surface area contributed by atoms with Gasteiger partial charge >= 0.3 is 0 Å². The van der Waals surface area contributed by atoms with Crippen LogP contribution in [-0.2, 0) is 0 Å². The molecule has 0 aromatic rings. The molecule has 0 atom stereocenters. The van der Waals surface area contributed by atoms with Crippen molar-refractivity contribution in [3.8, 4) is 0 Å². The summed E-state index contributed by atoms with van der Waals surface area (Å²) < 4.78 is 0.523. The molecule has 30 heavy (non-hydrogen) atoms. The molecule has 0 bridgehead atoms. The highest BCUT2D eigenvalue weighted by molar-refractivity contribution is 9.24. The molecule has 0 amide bonds. The Kier molecular flexibility index (Phi) is 28.9. The van der Waals surface area contributed by atoms with Gasteiger partial charge in [-0.05, 0) is 6.42 Å². The van der Waals surface area contributed by atoms with E-state index in [0.29, 0.717) is 3.74 Å². The van der Waals surface area contributed by atoms with E-state index in [1.165, 1.54) is 167 Å². The molecule has 0 aliphatic carbocycles. The van der Waals surface area contributed by atoms with Gasteiger partial charge in [0, 0.05) is 0 Å². The average Bonchev–Trinajstić information content (AvgIpc) is 2.73. The lowest BCUT2D eigenvalue weighted by atomic mass is 10.0. The van der Waals surface area contributed by atoms with Crippen molar-refractivity contribution in [2.45, 2.75) is 178 Å². The normalized spacial score (nSPS) is 11.6. The zero-order valence-corrected chi connectivity index (χ0v) is 23.9. The molecule has 2 heteroatoms. The fourth-order valence-electron chi connectivity index (χ4n) is 4.44. The third-order valence-electron chi connectivity index (χ3n) is 6.53. The van der Waals surface area contributed by atoms with Gasteiger partial charge in [0.2, 0.25) is 0 Å². The second kappa shape index (κ2) is 28.0. The highest BCUT2D eigenvalue weighted by Gasteiger charge is 1.98. The van der Waals surface area contributed by atoms with Crippen LogP contribution in [0.15, 0.2) is 0 Å². The molecule has 0 radical (unpaired) electrons. The smallest absolute Gasteiger partial charge is 0.0697 e. The molecular formula is C28H56Br2. The van der Waals surface area contributed by atoms with Crippen LogP contribution in [0.4, 0.5) is 0 Å². The van der Waals surface area contributed by atoms with Crippen LogP contribution in [0.5, 0.6) is 0 Å². The minimum atomic E-state index is 0.523. The number of alkyl halides is 2. The predicted molar refractivity (Wildman–Crippen MR) is 147 cm³/mol. The second-order valence-corrected chi connectivity index (χ2v) is 13.1. The fourth-order valence-corrected chi connectivity index (χ4v) is 5.09. The zero-order chi connectivity index (χ0) is 22.0. The standard InChI is InChI=1S/C28H56Br2/c1-2-3-4-5-6-7-8-9-10-11-12-13-14-15-16-17-18-19-20-21-22-23-24-25-26-27-28(29)30/h28H,2-27H2,1H3. The molecule has 0 saturated heterocycles. The number of halogens is 2. The van der Waals surface area contributed by atoms with Crippen LogP contribution in [0.1, 0.15) is 174 Å². The molecule has 0 aliphatic heterocycles. The third-order valence-corrected chi connectivity index (χ3v) is 7.44. The Hall–Kier alpha value is 0.960. The van der Waals surface area contributed by atoms with Crippen molar-refractivity contribution in [3.63, 3.8) is 0 Å². The van der Waals surface area contributed by atoms with Gasteiger partial charge in [0.1, 0.15) is 0 Å². The van der Waals surface area contributed by atoms with E-state index >= 15 is 0 Å². The summed E-state index contributed by atoms with van der Waals surface area (Å²) in [5.74, 6) is 0. The van der Waals surface area contributed by atoms with Crippen LogP contribution in [-0.4, -0.2) is 3.74 Å². The molecule has 0 nitrogen and oxygen atoms in total. The summed E-state index contributed by atoms with van der Waals surface area (Å²) in [6, 6.07) is 0. The van der Waals surface area contributed by atoms with E-state index in [-0.39, 0.29) is 0 Å². The molecule has 0 spiro atoms. The van der Waals surface area contributed by atoms with Crippen LogP contribution < -0.4 is 0 Å². The first-order chi connectivity index (χ1) is 14.8. The predicted octanol–water partition coefficient (Wildman–Crippen LogP) is 12.3. The summed E-state index contributed by atoms with van der Waals surface area (Å²) in [4.78, 5) is 0. The number of hydrogen-bond acceptors (Lipinski definition) is 0. The van der Waals surface area contributed by atoms with Crippen molar-refractivity contribution in [1.82, 2.24) is 0 Å². The van der Waals surface area contributed by atoms with E-state index in [2.05, 4.69) is 38.8 Å². The van der Waals surface area contributed by atoms with Crippen LogP contribution >= 0.6 is 31.9 Å². The quantitative estimate of drug-likeness (QED) is 0.0740. The van der Waals surface area contributed by atoms with Crippen molar-refractivity contribution in [2.75, 3.05) is 0 Å². The summed E-state index contributed by atoms with van der Waals surface area (Å²) in [5.41, 5.74) is 0. The molecule has 0 aliphatic rings. The Labute approximate surface area is 208 Å². The summed E-state index contributed by atoms with van der Waals surface area (Å²) in [6.45, 7) is 2.30. The number of rotatable bonds is 26. The van der Waals surface area contributed by atoms with Gasteiger partial charge in [-0.2, -0.15) is 0 Å². The van der Waals surface area contributed by atoms with E-state index in [1.807, 2.05) is 0 Å². The maximum atomic E-state index is 3.55. The molecule has 182 valence electrons. The van der Waals surface area contributed by atoms with E-state index in [0.717, 1.165) is 0 Å².